The number of pyridine rings is 1. The maximum atomic E-state index is 12.0. The Balaban J connectivity index is 1.50. The van der Waals surface area contributed by atoms with Crippen LogP contribution in [0.15, 0.2) is 18.3 Å². The van der Waals surface area contributed by atoms with E-state index in [1.165, 1.54) is 0 Å². The summed E-state index contributed by atoms with van der Waals surface area (Å²) in [5, 5.41) is 6.19. The first-order valence-corrected chi connectivity index (χ1v) is 9.47. The fourth-order valence-corrected chi connectivity index (χ4v) is 3.34. The molecule has 28 heavy (non-hydrogen) atoms. The molecule has 4 rings (SSSR count). The zero-order chi connectivity index (χ0) is 19.7. The number of aryl methyl sites for hydroxylation is 1. The molecule has 1 amide bonds. The molecule has 1 saturated heterocycles. The Morgan fingerprint density at radius 1 is 1.32 bits per heavy atom. The number of nitrogens with one attached hydrogen (secondary N) is 2. The fourth-order valence-electron chi connectivity index (χ4n) is 3.34. The molecule has 2 aliphatic rings. The van der Waals surface area contributed by atoms with Crippen LogP contribution < -0.4 is 20.4 Å². The minimum Gasteiger partial charge on any atom is -0.378 e. The Bertz CT molecular complexity index is 883. The van der Waals surface area contributed by atoms with Crippen molar-refractivity contribution in [3.05, 3.63) is 29.6 Å². The maximum Gasteiger partial charge on any atom is 0.246 e. The van der Waals surface area contributed by atoms with Crippen molar-refractivity contribution in [3.63, 3.8) is 0 Å². The van der Waals surface area contributed by atoms with E-state index in [0.717, 1.165) is 49.2 Å². The second-order valence-corrected chi connectivity index (χ2v) is 7.08. The monoisotopic (exact) mass is 383 g/mol. The number of hydrogen-bond donors (Lipinski definition) is 2. The molecule has 0 bridgehead atoms. The summed E-state index contributed by atoms with van der Waals surface area (Å²) in [4.78, 5) is 29.7. The van der Waals surface area contributed by atoms with Gasteiger partial charge in [-0.2, -0.15) is 4.98 Å². The highest BCUT2D eigenvalue weighted by molar-refractivity contribution is 6.03. The van der Waals surface area contributed by atoms with Gasteiger partial charge < -0.3 is 25.2 Å². The topological polar surface area (TPSA) is 95.5 Å². The number of fused-ring (bicyclic) bond motifs is 1. The molecule has 0 saturated carbocycles. The van der Waals surface area contributed by atoms with Gasteiger partial charge in [0.1, 0.15) is 17.5 Å². The SMILES string of the molecule is Cc1nc(NCc2ccnc(N3CCOCC3)c2)nc2c1NC(=O)C(C)N2C. The van der Waals surface area contributed by atoms with Gasteiger partial charge in [-0.3, -0.25) is 4.79 Å². The number of rotatable bonds is 4. The lowest BCUT2D eigenvalue weighted by Gasteiger charge is -2.32. The van der Waals surface area contributed by atoms with Crippen LogP contribution in [0.2, 0.25) is 0 Å². The molecule has 9 nitrogen and oxygen atoms in total. The second-order valence-electron chi connectivity index (χ2n) is 7.08. The molecule has 1 fully saturated rings. The fraction of sp³-hybridized carbons (Fsp3) is 0.474. The number of ether oxygens (including phenoxy) is 1. The van der Waals surface area contributed by atoms with Gasteiger partial charge in [-0.1, -0.05) is 0 Å². The molecule has 2 N–H and O–H groups in total. The third-order valence-electron chi connectivity index (χ3n) is 5.21. The van der Waals surface area contributed by atoms with Gasteiger partial charge in [0.2, 0.25) is 11.9 Å². The highest BCUT2D eigenvalue weighted by Gasteiger charge is 2.30. The van der Waals surface area contributed by atoms with Crippen molar-refractivity contribution in [3.8, 4) is 0 Å². The van der Waals surface area contributed by atoms with Crippen molar-refractivity contribution in [1.29, 1.82) is 0 Å². The second kappa shape index (κ2) is 7.59. The highest BCUT2D eigenvalue weighted by Crippen LogP contribution is 2.32. The molecular weight excluding hydrogens is 358 g/mol. The zero-order valence-corrected chi connectivity index (χ0v) is 16.4. The van der Waals surface area contributed by atoms with Gasteiger partial charge in [0.15, 0.2) is 5.82 Å². The van der Waals surface area contributed by atoms with Crippen LogP contribution in [0, 0.1) is 6.92 Å². The number of nitrogens with zero attached hydrogens (tertiary/aromatic N) is 5. The molecule has 0 aliphatic carbocycles. The van der Waals surface area contributed by atoms with Crippen LogP contribution in [0.3, 0.4) is 0 Å². The molecule has 4 heterocycles. The van der Waals surface area contributed by atoms with E-state index >= 15 is 0 Å². The number of aromatic nitrogens is 3. The third-order valence-corrected chi connectivity index (χ3v) is 5.21. The number of carbonyl (C=O) groups is 1. The summed E-state index contributed by atoms with van der Waals surface area (Å²) < 4.78 is 5.41. The first-order valence-electron chi connectivity index (χ1n) is 9.47. The predicted octanol–water partition coefficient (Wildman–Crippen LogP) is 1.41. The lowest BCUT2D eigenvalue weighted by atomic mass is 10.2. The summed E-state index contributed by atoms with van der Waals surface area (Å²) in [6.45, 7) is 7.49. The minimum atomic E-state index is -0.272. The van der Waals surface area contributed by atoms with E-state index in [0.29, 0.717) is 18.2 Å². The molecule has 9 heteroatoms. The third kappa shape index (κ3) is 3.57. The molecule has 2 aromatic heterocycles. The quantitative estimate of drug-likeness (QED) is 0.818. The lowest BCUT2D eigenvalue weighted by molar-refractivity contribution is -0.117. The predicted molar refractivity (Wildman–Crippen MR) is 108 cm³/mol. The highest BCUT2D eigenvalue weighted by atomic mass is 16.5. The standard InChI is InChI=1S/C19H25N7O2/c1-12-16-17(25(3)13(2)18(27)23-16)24-19(22-12)21-11-14-4-5-20-15(10-14)26-6-8-28-9-7-26/h4-5,10,13H,6-9,11H2,1-3H3,(H,23,27)(H,21,22,24). The molecule has 0 aromatic carbocycles. The van der Waals surface area contributed by atoms with Gasteiger partial charge in [-0.25, -0.2) is 9.97 Å². The van der Waals surface area contributed by atoms with Crippen LogP contribution in [0.4, 0.5) is 23.3 Å². The zero-order valence-electron chi connectivity index (χ0n) is 16.4. The maximum absolute atomic E-state index is 12.0. The van der Waals surface area contributed by atoms with Crippen molar-refractivity contribution in [2.24, 2.45) is 0 Å². The van der Waals surface area contributed by atoms with Crippen molar-refractivity contribution in [2.45, 2.75) is 26.4 Å². The molecule has 2 aromatic rings. The average molecular weight is 383 g/mol. The summed E-state index contributed by atoms with van der Waals surface area (Å²) in [5.41, 5.74) is 2.52. The van der Waals surface area contributed by atoms with E-state index in [4.69, 9.17) is 4.74 Å². The van der Waals surface area contributed by atoms with Crippen LogP contribution in [0.5, 0.6) is 0 Å². The summed E-state index contributed by atoms with van der Waals surface area (Å²) >= 11 is 0. The van der Waals surface area contributed by atoms with Gasteiger partial charge in [0.25, 0.3) is 0 Å². The minimum absolute atomic E-state index is 0.0464. The largest absolute Gasteiger partial charge is 0.378 e. The van der Waals surface area contributed by atoms with Crippen LogP contribution in [0.1, 0.15) is 18.2 Å². The number of morpholine rings is 1. The van der Waals surface area contributed by atoms with E-state index in [1.807, 2.05) is 38.1 Å². The van der Waals surface area contributed by atoms with Crippen molar-refractivity contribution in [1.82, 2.24) is 15.0 Å². The van der Waals surface area contributed by atoms with E-state index in [1.54, 1.807) is 0 Å². The molecule has 1 unspecified atom stereocenters. The Hall–Kier alpha value is -2.94. The van der Waals surface area contributed by atoms with Gasteiger partial charge >= 0.3 is 0 Å². The number of likely N-dealkylation sites (N-methyl/N-ethyl adjacent to an activating group) is 1. The molecule has 1 atom stereocenters. The van der Waals surface area contributed by atoms with Crippen molar-refractivity contribution >= 4 is 29.2 Å². The van der Waals surface area contributed by atoms with Gasteiger partial charge in [-0.05, 0) is 31.5 Å². The van der Waals surface area contributed by atoms with Crippen molar-refractivity contribution in [2.75, 3.05) is 53.8 Å². The molecule has 0 radical (unpaired) electrons. The Kier molecular flexibility index (Phi) is 4.99. The summed E-state index contributed by atoms with van der Waals surface area (Å²) in [6, 6.07) is 3.79. The van der Waals surface area contributed by atoms with Crippen molar-refractivity contribution < 1.29 is 9.53 Å². The normalized spacial score (nSPS) is 19.2. The summed E-state index contributed by atoms with van der Waals surface area (Å²) in [6.07, 6.45) is 1.83. The van der Waals surface area contributed by atoms with Crippen LogP contribution in [-0.4, -0.2) is 60.3 Å². The summed E-state index contributed by atoms with van der Waals surface area (Å²) in [5.74, 6) is 2.18. The molecule has 148 valence electrons. The first kappa shape index (κ1) is 18.4. The van der Waals surface area contributed by atoms with E-state index in [2.05, 4.69) is 36.6 Å². The van der Waals surface area contributed by atoms with E-state index in [-0.39, 0.29) is 11.9 Å². The lowest BCUT2D eigenvalue weighted by Crippen LogP contribution is -2.44. The van der Waals surface area contributed by atoms with Crippen LogP contribution in [0.25, 0.3) is 0 Å². The Morgan fingerprint density at radius 3 is 2.89 bits per heavy atom. The van der Waals surface area contributed by atoms with E-state index < -0.39 is 0 Å². The number of carbonyl (C=O) groups excluding carboxylic acids is 1. The number of amides is 1. The molecular formula is C19H25N7O2. The number of hydrogen-bond acceptors (Lipinski definition) is 8. The Morgan fingerprint density at radius 2 is 2.11 bits per heavy atom. The first-order chi connectivity index (χ1) is 13.5. The Labute approximate surface area is 164 Å². The van der Waals surface area contributed by atoms with E-state index in [9.17, 15) is 4.79 Å². The average Bonchev–Trinajstić information content (AvgIpc) is 2.72. The van der Waals surface area contributed by atoms with Crippen LogP contribution >= 0.6 is 0 Å². The smallest absolute Gasteiger partial charge is 0.246 e. The number of anilines is 4. The van der Waals surface area contributed by atoms with Gasteiger partial charge in [0, 0.05) is 32.9 Å². The van der Waals surface area contributed by atoms with Gasteiger partial charge in [-0.15, -0.1) is 0 Å². The molecule has 0 spiro atoms. The van der Waals surface area contributed by atoms with Crippen LogP contribution in [-0.2, 0) is 16.1 Å². The molecule has 2 aliphatic heterocycles. The van der Waals surface area contributed by atoms with Gasteiger partial charge in [0.05, 0.1) is 18.9 Å². The summed E-state index contributed by atoms with van der Waals surface area (Å²) in [7, 11) is 1.87.